The van der Waals surface area contributed by atoms with Gasteiger partial charge in [-0.1, -0.05) is 30.7 Å². The molecule has 0 radical (unpaired) electrons. The fourth-order valence-corrected chi connectivity index (χ4v) is 1.62. The minimum Gasteiger partial charge on any atom is -0.449 e. The highest BCUT2D eigenvalue weighted by atomic mass is 35.5. The van der Waals surface area contributed by atoms with Crippen LogP contribution in [0.4, 0.5) is 5.69 Å². The van der Waals surface area contributed by atoms with Gasteiger partial charge in [0, 0.05) is 16.8 Å². The third kappa shape index (κ3) is 5.05. The van der Waals surface area contributed by atoms with Crippen molar-refractivity contribution in [3.8, 4) is 0 Å². The number of halogens is 1. The zero-order valence-corrected chi connectivity index (χ0v) is 12.5. The maximum atomic E-state index is 11.9. The first kappa shape index (κ1) is 16.2. The molecular weight excluding hydrogens is 278 g/mol. The number of ether oxygens (including phenoxy) is 1. The summed E-state index contributed by atoms with van der Waals surface area (Å²) < 4.78 is 4.99. The number of nitrogens with one attached hydrogen (secondary N) is 1. The van der Waals surface area contributed by atoms with Crippen molar-refractivity contribution in [2.24, 2.45) is 0 Å². The number of hydrogen-bond donors (Lipinski definition) is 1. The van der Waals surface area contributed by atoms with E-state index in [9.17, 15) is 9.59 Å². The minimum absolute atomic E-state index is 0.395. The molecule has 0 aromatic heterocycles. The second-order valence-corrected chi connectivity index (χ2v) is 4.77. The molecule has 0 unspecified atom stereocenters. The van der Waals surface area contributed by atoms with Crippen LogP contribution >= 0.6 is 11.6 Å². The molecule has 1 rings (SSSR count). The molecule has 4 nitrogen and oxygen atoms in total. The van der Waals surface area contributed by atoms with Crippen LogP contribution in [0.3, 0.4) is 0 Å². The number of rotatable bonds is 5. The van der Waals surface area contributed by atoms with Crippen LogP contribution in [0.5, 0.6) is 0 Å². The average Bonchev–Trinajstić information content (AvgIpc) is 2.40. The molecule has 5 heteroatoms. The van der Waals surface area contributed by atoms with Gasteiger partial charge in [-0.3, -0.25) is 4.79 Å². The summed E-state index contributed by atoms with van der Waals surface area (Å²) in [4.78, 5) is 23.3. The first-order valence-corrected chi connectivity index (χ1v) is 6.76. The highest BCUT2D eigenvalue weighted by Crippen LogP contribution is 2.20. The van der Waals surface area contributed by atoms with Crippen LogP contribution in [-0.4, -0.2) is 18.0 Å². The normalized spacial score (nSPS) is 12.2. The van der Waals surface area contributed by atoms with Crippen LogP contribution < -0.4 is 5.32 Å². The Morgan fingerprint density at radius 1 is 1.45 bits per heavy atom. The molecule has 0 spiro atoms. The van der Waals surface area contributed by atoms with Gasteiger partial charge >= 0.3 is 5.97 Å². The second-order valence-electron chi connectivity index (χ2n) is 4.34. The number of anilines is 1. The Hall–Kier alpha value is -1.81. The highest BCUT2D eigenvalue weighted by molar-refractivity contribution is 6.31. The molecule has 0 heterocycles. The van der Waals surface area contributed by atoms with Crippen LogP contribution in [0.25, 0.3) is 0 Å². The topological polar surface area (TPSA) is 55.4 Å². The lowest BCUT2D eigenvalue weighted by Gasteiger charge is -2.14. The number of amides is 1. The number of carbonyl (C=O) groups excluding carboxylic acids is 2. The van der Waals surface area contributed by atoms with Crippen molar-refractivity contribution in [2.75, 3.05) is 5.32 Å². The molecule has 1 aromatic carbocycles. The summed E-state index contributed by atoms with van der Waals surface area (Å²) >= 11 is 5.88. The summed E-state index contributed by atoms with van der Waals surface area (Å²) in [5.41, 5.74) is 1.49. The molecule has 1 aromatic rings. The van der Waals surface area contributed by atoms with Gasteiger partial charge in [0.2, 0.25) is 0 Å². The first-order chi connectivity index (χ1) is 9.43. The zero-order chi connectivity index (χ0) is 15.1. The number of esters is 1. The van der Waals surface area contributed by atoms with E-state index in [4.69, 9.17) is 16.3 Å². The van der Waals surface area contributed by atoms with Gasteiger partial charge in [0.1, 0.15) is 0 Å². The number of hydrogen-bond acceptors (Lipinski definition) is 3. The van der Waals surface area contributed by atoms with E-state index in [1.807, 2.05) is 13.8 Å². The summed E-state index contributed by atoms with van der Waals surface area (Å²) in [6.45, 7) is 5.28. The third-order valence-corrected chi connectivity index (χ3v) is 2.84. The molecule has 0 aliphatic heterocycles. The molecule has 1 amide bonds. The standard InChI is InChI=1S/C15H18ClNO3/c1-4-5-6-14(18)20-11(3)15(19)17-13-9-12(16)8-7-10(13)2/h5-9,11H,4H2,1-3H3,(H,17,19)/b6-5+/t11-/m1/s1. The van der Waals surface area contributed by atoms with E-state index in [0.29, 0.717) is 10.7 Å². The van der Waals surface area contributed by atoms with Gasteiger partial charge in [-0.05, 0) is 38.0 Å². The third-order valence-electron chi connectivity index (χ3n) is 2.61. The van der Waals surface area contributed by atoms with E-state index in [1.54, 1.807) is 24.3 Å². The molecule has 108 valence electrons. The lowest BCUT2D eigenvalue weighted by atomic mass is 10.2. The molecular formula is C15H18ClNO3. The number of allylic oxidation sites excluding steroid dienone is 1. The molecule has 0 bridgehead atoms. The van der Waals surface area contributed by atoms with Gasteiger partial charge in [-0.25, -0.2) is 4.79 Å². The molecule has 1 atom stereocenters. The predicted octanol–water partition coefficient (Wildman–Crippen LogP) is 3.48. The Labute approximate surface area is 123 Å². The monoisotopic (exact) mass is 295 g/mol. The van der Waals surface area contributed by atoms with Gasteiger partial charge in [-0.2, -0.15) is 0 Å². The van der Waals surface area contributed by atoms with Crippen molar-refractivity contribution in [1.29, 1.82) is 0 Å². The minimum atomic E-state index is -0.873. The average molecular weight is 296 g/mol. The van der Waals surface area contributed by atoms with Gasteiger partial charge in [0.15, 0.2) is 6.10 Å². The van der Waals surface area contributed by atoms with Crippen LogP contribution in [0, 0.1) is 6.92 Å². The lowest BCUT2D eigenvalue weighted by molar-refractivity contribution is -0.148. The lowest BCUT2D eigenvalue weighted by Crippen LogP contribution is -2.29. The van der Waals surface area contributed by atoms with E-state index >= 15 is 0 Å². The molecule has 0 aliphatic carbocycles. The summed E-state index contributed by atoms with van der Waals surface area (Å²) in [6, 6.07) is 5.20. The van der Waals surface area contributed by atoms with Crippen LogP contribution in [-0.2, 0) is 14.3 Å². The van der Waals surface area contributed by atoms with E-state index in [1.165, 1.54) is 13.0 Å². The van der Waals surface area contributed by atoms with Gasteiger partial charge in [0.25, 0.3) is 5.91 Å². The van der Waals surface area contributed by atoms with Gasteiger partial charge in [0.05, 0.1) is 0 Å². The molecule has 0 aliphatic rings. The van der Waals surface area contributed by atoms with Gasteiger partial charge < -0.3 is 10.1 Å². The highest BCUT2D eigenvalue weighted by Gasteiger charge is 2.17. The van der Waals surface area contributed by atoms with Crippen molar-refractivity contribution in [3.05, 3.63) is 40.9 Å². The summed E-state index contributed by atoms with van der Waals surface area (Å²) in [5, 5.41) is 3.22. The van der Waals surface area contributed by atoms with Crippen LogP contribution in [0.2, 0.25) is 5.02 Å². The maximum Gasteiger partial charge on any atom is 0.331 e. The Morgan fingerprint density at radius 3 is 2.80 bits per heavy atom. The molecule has 0 saturated heterocycles. The van der Waals surface area contributed by atoms with Crippen molar-refractivity contribution >= 4 is 29.2 Å². The van der Waals surface area contributed by atoms with Crippen LogP contribution in [0.1, 0.15) is 25.8 Å². The van der Waals surface area contributed by atoms with E-state index < -0.39 is 18.0 Å². The number of aryl methyl sites for hydroxylation is 1. The summed E-state index contributed by atoms with van der Waals surface area (Å²) in [7, 11) is 0. The van der Waals surface area contributed by atoms with Crippen LogP contribution in [0.15, 0.2) is 30.4 Å². The number of benzene rings is 1. The SMILES string of the molecule is CC/C=C/C(=O)O[C@H](C)C(=O)Nc1cc(Cl)ccc1C. The molecule has 20 heavy (non-hydrogen) atoms. The Balaban J connectivity index is 2.64. The first-order valence-electron chi connectivity index (χ1n) is 6.38. The molecule has 1 N–H and O–H groups in total. The maximum absolute atomic E-state index is 11.9. The Bertz CT molecular complexity index is 526. The largest absolute Gasteiger partial charge is 0.449 e. The van der Waals surface area contributed by atoms with Gasteiger partial charge in [-0.15, -0.1) is 0 Å². The Morgan fingerprint density at radius 2 is 2.15 bits per heavy atom. The van der Waals surface area contributed by atoms with Crippen molar-refractivity contribution in [3.63, 3.8) is 0 Å². The van der Waals surface area contributed by atoms with E-state index in [0.717, 1.165) is 12.0 Å². The van der Waals surface area contributed by atoms with E-state index in [2.05, 4.69) is 5.32 Å². The zero-order valence-electron chi connectivity index (χ0n) is 11.8. The van der Waals surface area contributed by atoms with E-state index in [-0.39, 0.29) is 0 Å². The number of carbonyl (C=O) groups is 2. The quantitative estimate of drug-likeness (QED) is 0.668. The molecule has 0 saturated carbocycles. The fourth-order valence-electron chi connectivity index (χ4n) is 1.44. The van der Waals surface area contributed by atoms with Crippen molar-refractivity contribution in [1.82, 2.24) is 0 Å². The summed E-state index contributed by atoms with van der Waals surface area (Å²) in [6.07, 6.45) is 2.85. The van der Waals surface area contributed by atoms with Crippen molar-refractivity contribution < 1.29 is 14.3 Å². The Kier molecular flexibility index (Phi) is 6.25. The fraction of sp³-hybridized carbons (Fsp3) is 0.333. The smallest absolute Gasteiger partial charge is 0.331 e. The second kappa shape index (κ2) is 7.70. The summed E-state index contributed by atoms with van der Waals surface area (Å²) in [5.74, 6) is -0.925. The molecule has 0 fully saturated rings. The predicted molar refractivity (Wildman–Crippen MR) is 79.8 cm³/mol. The van der Waals surface area contributed by atoms with Crippen molar-refractivity contribution in [2.45, 2.75) is 33.3 Å².